The van der Waals surface area contributed by atoms with Crippen LogP contribution in [0.5, 0.6) is 5.75 Å². The van der Waals surface area contributed by atoms with Gasteiger partial charge in [-0.05, 0) is 31.7 Å². The van der Waals surface area contributed by atoms with E-state index in [0.717, 1.165) is 25.1 Å². The number of nitro groups is 1. The molecule has 0 fully saturated rings. The number of hydrogen-bond acceptors (Lipinski definition) is 4. The minimum atomic E-state index is -0.423. The first-order valence-corrected chi connectivity index (χ1v) is 6.69. The lowest BCUT2D eigenvalue weighted by molar-refractivity contribution is -0.385. The predicted molar refractivity (Wildman–Crippen MR) is 76.8 cm³/mol. The van der Waals surface area contributed by atoms with E-state index in [1.54, 1.807) is 12.1 Å². The molecule has 1 rings (SSSR count). The molecule has 1 aromatic carbocycles. The van der Waals surface area contributed by atoms with E-state index in [0.29, 0.717) is 18.3 Å². The number of anilines is 1. The van der Waals surface area contributed by atoms with Crippen molar-refractivity contribution in [3.05, 3.63) is 28.3 Å². The van der Waals surface area contributed by atoms with Crippen molar-refractivity contribution in [1.29, 1.82) is 0 Å². The van der Waals surface area contributed by atoms with E-state index in [1.807, 2.05) is 6.92 Å². The molecule has 0 bridgehead atoms. The van der Waals surface area contributed by atoms with Crippen molar-refractivity contribution in [1.82, 2.24) is 0 Å². The molecule has 0 heterocycles. The van der Waals surface area contributed by atoms with Crippen LogP contribution in [0.2, 0.25) is 0 Å². The average Bonchev–Trinajstić information content (AvgIpc) is 2.35. The molecule has 106 valence electrons. The normalized spacial score (nSPS) is 10.5. The molecule has 1 aromatic rings. The molecule has 0 atom stereocenters. The van der Waals surface area contributed by atoms with Gasteiger partial charge < -0.3 is 10.1 Å². The lowest BCUT2D eigenvalue weighted by Crippen LogP contribution is -2.04. The topological polar surface area (TPSA) is 64.4 Å². The van der Waals surface area contributed by atoms with E-state index in [-0.39, 0.29) is 5.69 Å². The molecule has 0 aliphatic heterocycles. The number of nitrogens with one attached hydrogen (secondary N) is 1. The van der Waals surface area contributed by atoms with Crippen molar-refractivity contribution in [2.75, 3.05) is 18.5 Å². The van der Waals surface area contributed by atoms with Gasteiger partial charge in [-0.25, -0.2) is 0 Å². The van der Waals surface area contributed by atoms with E-state index in [4.69, 9.17) is 4.74 Å². The summed E-state index contributed by atoms with van der Waals surface area (Å²) in [5, 5.41) is 14.1. The number of nitrogens with zero attached hydrogens (tertiary/aromatic N) is 1. The fraction of sp³-hybridized carbons (Fsp3) is 0.571. The maximum absolute atomic E-state index is 10.8. The Labute approximate surface area is 114 Å². The molecule has 5 nitrogen and oxygen atoms in total. The summed E-state index contributed by atoms with van der Waals surface area (Å²) in [6, 6.07) is 4.89. The summed E-state index contributed by atoms with van der Waals surface area (Å²) in [5.41, 5.74) is 0.868. The number of benzene rings is 1. The third-order valence-corrected chi connectivity index (χ3v) is 2.74. The van der Waals surface area contributed by atoms with E-state index >= 15 is 0 Å². The van der Waals surface area contributed by atoms with Gasteiger partial charge in [0.2, 0.25) is 0 Å². The predicted octanol–water partition coefficient (Wildman–Crippen LogP) is 3.84. The molecule has 0 unspecified atom stereocenters. The molecule has 0 radical (unpaired) electrons. The summed E-state index contributed by atoms with van der Waals surface area (Å²) in [7, 11) is 0. The summed E-state index contributed by atoms with van der Waals surface area (Å²) in [4.78, 5) is 10.4. The first-order valence-electron chi connectivity index (χ1n) is 6.69. The zero-order valence-electron chi connectivity index (χ0n) is 11.8. The molecule has 0 saturated carbocycles. The Bertz CT molecular complexity index is 419. The highest BCUT2D eigenvalue weighted by Crippen LogP contribution is 2.30. The van der Waals surface area contributed by atoms with Gasteiger partial charge in [-0.2, -0.15) is 0 Å². The van der Waals surface area contributed by atoms with Gasteiger partial charge in [-0.15, -0.1) is 0 Å². The van der Waals surface area contributed by atoms with E-state index < -0.39 is 4.92 Å². The highest BCUT2D eigenvalue weighted by Gasteiger charge is 2.15. The SMILES string of the molecule is CCOc1cc(NCCCC(C)C)ccc1[N+](=O)[O-]. The Kier molecular flexibility index (Phi) is 6.12. The summed E-state index contributed by atoms with van der Waals surface area (Å²) >= 11 is 0. The third-order valence-electron chi connectivity index (χ3n) is 2.74. The highest BCUT2D eigenvalue weighted by atomic mass is 16.6. The molecular formula is C14H22N2O3. The molecule has 0 spiro atoms. The fourth-order valence-corrected chi connectivity index (χ4v) is 1.79. The Morgan fingerprint density at radius 1 is 1.42 bits per heavy atom. The van der Waals surface area contributed by atoms with Crippen molar-refractivity contribution >= 4 is 11.4 Å². The van der Waals surface area contributed by atoms with E-state index in [2.05, 4.69) is 19.2 Å². The van der Waals surface area contributed by atoms with E-state index in [9.17, 15) is 10.1 Å². The molecule has 19 heavy (non-hydrogen) atoms. The average molecular weight is 266 g/mol. The Morgan fingerprint density at radius 3 is 2.74 bits per heavy atom. The Morgan fingerprint density at radius 2 is 2.16 bits per heavy atom. The van der Waals surface area contributed by atoms with Crippen LogP contribution < -0.4 is 10.1 Å². The van der Waals surface area contributed by atoms with Crippen molar-refractivity contribution in [2.24, 2.45) is 5.92 Å². The van der Waals surface area contributed by atoms with Crippen LogP contribution in [0.1, 0.15) is 33.6 Å². The molecular weight excluding hydrogens is 244 g/mol. The second kappa shape index (κ2) is 7.61. The summed E-state index contributed by atoms with van der Waals surface area (Å²) in [6.45, 7) is 7.48. The molecule has 5 heteroatoms. The van der Waals surface area contributed by atoms with Crippen LogP contribution in [-0.4, -0.2) is 18.1 Å². The maximum Gasteiger partial charge on any atom is 0.311 e. The van der Waals surface area contributed by atoms with Gasteiger partial charge in [-0.1, -0.05) is 13.8 Å². The zero-order valence-corrected chi connectivity index (χ0v) is 11.8. The summed E-state index contributed by atoms with van der Waals surface area (Å²) in [5.74, 6) is 1.01. The lowest BCUT2D eigenvalue weighted by Gasteiger charge is -2.10. The molecule has 0 aliphatic carbocycles. The Hall–Kier alpha value is -1.78. The summed E-state index contributed by atoms with van der Waals surface area (Å²) in [6.07, 6.45) is 2.25. The minimum Gasteiger partial charge on any atom is -0.487 e. The number of ether oxygens (including phenoxy) is 1. The fourth-order valence-electron chi connectivity index (χ4n) is 1.79. The van der Waals surface area contributed by atoms with Crippen molar-refractivity contribution in [3.63, 3.8) is 0 Å². The molecule has 0 saturated heterocycles. The van der Waals surface area contributed by atoms with Crippen molar-refractivity contribution < 1.29 is 9.66 Å². The highest BCUT2D eigenvalue weighted by molar-refractivity contribution is 5.57. The number of rotatable bonds is 8. The molecule has 1 N–H and O–H groups in total. The largest absolute Gasteiger partial charge is 0.487 e. The van der Waals surface area contributed by atoms with Gasteiger partial charge in [0, 0.05) is 24.4 Å². The molecule has 0 aromatic heterocycles. The smallest absolute Gasteiger partial charge is 0.311 e. The maximum atomic E-state index is 10.8. The van der Waals surface area contributed by atoms with Crippen LogP contribution in [0.25, 0.3) is 0 Å². The van der Waals surface area contributed by atoms with Gasteiger partial charge in [-0.3, -0.25) is 10.1 Å². The number of hydrogen-bond donors (Lipinski definition) is 1. The van der Waals surface area contributed by atoms with Crippen LogP contribution in [0.3, 0.4) is 0 Å². The molecule has 0 amide bonds. The number of nitro benzene ring substituents is 1. The standard InChI is InChI=1S/C14H22N2O3/c1-4-19-14-10-12(7-8-13(14)16(17)18)15-9-5-6-11(2)3/h7-8,10-11,15H,4-6,9H2,1-3H3. The van der Waals surface area contributed by atoms with Gasteiger partial charge in [0.25, 0.3) is 0 Å². The quantitative estimate of drug-likeness (QED) is 0.441. The summed E-state index contributed by atoms with van der Waals surface area (Å²) < 4.78 is 5.30. The van der Waals surface area contributed by atoms with Crippen molar-refractivity contribution in [3.8, 4) is 5.75 Å². The molecule has 0 aliphatic rings. The van der Waals surface area contributed by atoms with Gasteiger partial charge in [0.1, 0.15) is 0 Å². The second-order valence-corrected chi connectivity index (χ2v) is 4.84. The third kappa shape index (κ3) is 5.16. The first-order chi connectivity index (χ1) is 9.04. The lowest BCUT2D eigenvalue weighted by atomic mass is 10.1. The first kappa shape index (κ1) is 15.3. The van der Waals surface area contributed by atoms with Crippen LogP contribution in [-0.2, 0) is 0 Å². The van der Waals surface area contributed by atoms with Crippen LogP contribution in [0.4, 0.5) is 11.4 Å². The van der Waals surface area contributed by atoms with Crippen LogP contribution in [0.15, 0.2) is 18.2 Å². The Balaban J connectivity index is 2.64. The van der Waals surface area contributed by atoms with Gasteiger partial charge in [0.15, 0.2) is 5.75 Å². The van der Waals surface area contributed by atoms with E-state index in [1.165, 1.54) is 6.07 Å². The minimum absolute atomic E-state index is 0.00887. The zero-order chi connectivity index (χ0) is 14.3. The van der Waals surface area contributed by atoms with Crippen molar-refractivity contribution in [2.45, 2.75) is 33.6 Å². The van der Waals surface area contributed by atoms with Crippen LogP contribution in [0, 0.1) is 16.0 Å². The second-order valence-electron chi connectivity index (χ2n) is 4.84. The van der Waals surface area contributed by atoms with Crippen LogP contribution >= 0.6 is 0 Å². The van der Waals surface area contributed by atoms with Gasteiger partial charge in [0.05, 0.1) is 11.5 Å². The van der Waals surface area contributed by atoms with Gasteiger partial charge >= 0.3 is 5.69 Å². The monoisotopic (exact) mass is 266 g/mol.